The molecule has 0 radical (unpaired) electrons. The monoisotopic (exact) mass is 398 g/mol. The smallest absolute Gasteiger partial charge is 0.325 e. The topological polar surface area (TPSA) is 49.9 Å². The predicted octanol–water partition coefficient (Wildman–Crippen LogP) is 3.54. The summed E-state index contributed by atoms with van der Waals surface area (Å²) in [6, 6.07) is 13.2. The molecular formula is C21H19FN2O3S. The molecule has 0 spiro atoms. The summed E-state index contributed by atoms with van der Waals surface area (Å²) < 4.78 is 17.9. The second-order valence-corrected chi connectivity index (χ2v) is 6.55. The second kappa shape index (κ2) is 8.31. The van der Waals surface area contributed by atoms with Crippen LogP contribution in [0, 0.1) is 5.82 Å². The summed E-state index contributed by atoms with van der Waals surface area (Å²) in [5.41, 5.74) is 2.59. The molecule has 28 heavy (non-hydrogen) atoms. The number of ether oxygens (including phenoxy) is 1. The number of carbonyl (C=O) groups excluding carboxylic acids is 2. The van der Waals surface area contributed by atoms with Gasteiger partial charge in [0.05, 0.1) is 12.8 Å². The van der Waals surface area contributed by atoms with Gasteiger partial charge in [0.15, 0.2) is 5.11 Å². The van der Waals surface area contributed by atoms with E-state index in [0.717, 1.165) is 12.0 Å². The first-order valence-corrected chi connectivity index (χ1v) is 9.14. The van der Waals surface area contributed by atoms with Gasteiger partial charge >= 0.3 is 5.97 Å². The van der Waals surface area contributed by atoms with Gasteiger partial charge in [-0.25, -0.2) is 4.39 Å². The molecule has 1 amide bonds. The summed E-state index contributed by atoms with van der Waals surface area (Å²) >= 11 is 5.49. The van der Waals surface area contributed by atoms with Crippen LogP contribution in [0.3, 0.4) is 0 Å². The van der Waals surface area contributed by atoms with Crippen molar-refractivity contribution < 1.29 is 18.7 Å². The maximum Gasteiger partial charge on any atom is 0.325 e. The first kappa shape index (κ1) is 19.7. The highest BCUT2D eigenvalue weighted by atomic mass is 32.1. The van der Waals surface area contributed by atoms with E-state index in [9.17, 15) is 14.0 Å². The van der Waals surface area contributed by atoms with Crippen LogP contribution in [0.4, 0.5) is 10.1 Å². The third-order valence-electron chi connectivity index (χ3n) is 4.43. The number of halogens is 1. The van der Waals surface area contributed by atoms with Gasteiger partial charge in [-0.2, -0.15) is 0 Å². The van der Waals surface area contributed by atoms with E-state index in [1.165, 1.54) is 29.0 Å². The molecule has 1 fully saturated rings. The van der Waals surface area contributed by atoms with E-state index in [4.69, 9.17) is 17.0 Å². The van der Waals surface area contributed by atoms with Crippen LogP contribution in [-0.2, 0) is 20.7 Å². The Bertz CT molecular complexity index is 939. The average molecular weight is 398 g/mol. The lowest BCUT2D eigenvalue weighted by Crippen LogP contribution is -2.35. The zero-order valence-corrected chi connectivity index (χ0v) is 16.3. The standard InChI is InChI=1S/C21H19FN2O3S/c1-3-14-6-10-17(11-7-14)24-20(26)18(12-15-4-8-16(22)9-5-15)23(21(24)28)13-19(25)27-2/h4-12H,3,13H2,1-2H3. The predicted molar refractivity (Wildman–Crippen MR) is 109 cm³/mol. The van der Waals surface area contributed by atoms with Crippen LogP contribution >= 0.6 is 12.2 Å². The van der Waals surface area contributed by atoms with E-state index in [1.54, 1.807) is 18.2 Å². The van der Waals surface area contributed by atoms with Crippen molar-refractivity contribution in [3.8, 4) is 0 Å². The molecule has 1 aliphatic rings. The van der Waals surface area contributed by atoms with Gasteiger partial charge in [0.1, 0.15) is 18.1 Å². The normalized spacial score (nSPS) is 15.5. The van der Waals surface area contributed by atoms with Crippen molar-refractivity contribution in [2.45, 2.75) is 13.3 Å². The molecule has 1 heterocycles. The van der Waals surface area contributed by atoms with Crippen LogP contribution in [-0.4, -0.2) is 35.5 Å². The van der Waals surface area contributed by atoms with Gasteiger partial charge in [0.25, 0.3) is 5.91 Å². The van der Waals surface area contributed by atoms with Crippen LogP contribution in [0.5, 0.6) is 0 Å². The highest BCUT2D eigenvalue weighted by Gasteiger charge is 2.40. The van der Waals surface area contributed by atoms with Crippen LogP contribution in [0.1, 0.15) is 18.1 Å². The first-order valence-electron chi connectivity index (χ1n) is 8.73. The molecule has 144 valence electrons. The first-order chi connectivity index (χ1) is 13.4. The third-order valence-corrected chi connectivity index (χ3v) is 4.83. The fourth-order valence-electron chi connectivity index (χ4n) is 2.85. The lowest BCUT2D eigenvalue weighted by molar-refractivity contribution is -0.140. The molecule has 1 aliphatic heterocycles. The molecule has 5 nitrogen and oxygen atoms in total. The molecule has 2 aromatic rings. The maximum absolute atomic E-state index is 13.2. The van der Waals surface area contributed by atoms with Gasteiger partial charge in [-0.05, 0) is 60.1 Å². The lowest BCUT2D eigenvalue weighted by atomic mass is 10.1. The number of carbonyl (C=O) groups is 2. The Balaban J connectivity index is 2.01. The number of amides is 1. The van der Waals surface area contributed by atoms with E-state index >= 15 is 0 Å². The number of benzene rings is 2. The van der Waals surface area contributed by atoms with Crippen molar-refractivity contribution in [2.24, 2.45) is 0 Å². The molecule has 1 saturated heterocycles. The van der Waals surface area contributed by atoms with Crippen molar-refractivity contribution in [2.75, 3.05) is 18.6 Å². The molecule has 2 aromatic carbocycles. The Labute approximate surface area is 168 Å². The van der Waals surface area contributed by atoms with Crippen LogP contribution in [0.2, 0.25) is 0 Å². The Kier molecular flexibility index (Phi) is 5.84. The Morgan fingerprint density at radius 3 is 2.36 bits per heavy atom. The summed E-state index contributed by atoms with van der Waals surface area (Å²) in [5.74, 6) is -1.26. The highest BCUT2D eigenvalue weighted by Crippen LogP contribution is 2.29. The zero-order chi connectivity index (χ0) is 20.3. The molecule has 0 unspecified atom stereocenters. The number of methoxy groups -OCH3 is 1. The van der Waals surface area contributed by atoms with Gasteiger partial charge in [0, 0.05) is 0 Å². The van der Waals surface area contributed by atoms with Gasteiger partial charge in [-0.1, -0.05) is 31.2 Å². The highest BCUT2D eigenvalue weighted by molar-refractivity contribution is 7.80. The summed E-state index contributed by atoms with van der Waals surface area (Å²) in [5, 5.41) is 0.188. The molecule has 0 aliphatic carbocycles. The number of aryl methyl sites for hydroxylation is 1. The molecule has 7 heteroatoms. The van der Waals surface area contributed by atoms with Crippen LogP contribution in [0.25, 0.3) is 6.08 Å². The van der Waals surface area contributed by atoms with Crippen LogP contribution in [0.15, 0.2) is 54.2 Å². The number of rotatable bonds is 5. The molecule has 0 saturated carbocycles. The summed E-state index contributed by atoms with van der Waals surface area (Å²) in [4.78, 5) is 27.8. The molecule has 0 atom stereocenters. The van der Waals surface area contributed by atoms with Crippen LogP contribution < -0.4 is 4.90 Å². The molecule has 0 N–H and O–H groups in total. The minimum absolute atomic E-state index is 0.188. The minimum atomic E-state index is -0.525. The largest absolute Gasteiger partial charge is 0.468 e. The fourth-order valence-corrected chi connectivity index (χ4v) is 3.20. The fraction of sp³-hybridized carbons (Fsp3) is 0.190. The van der Waals surface area contributed by atoms with E-state index < -0.39 is 5.97 Å². The number of thiocarbonyl (C=S) groups is 1. The van der Waals surface area contributed by atoms with E-state index in [1.807, 2.05) is 31.2 Å². The molecular weight excluding hydrogens is 379 g/mol. The SMILES string of the molecule is CCc1ccc(N2C(=O)C(=Cc3ccc(F)cc3)N(CC(=O)OC)C2=S)cc1. The van der Waals surface area contributed by atoms with Crippen molar-refractivity contribution in [1.29, 1.82) is 0 Å². The second-order valence-electron chi connectivity index (χ2n) is 6.19. The van der Waals surface area contributed by atoms with Gasteiger partial charge in [-0.3, -0.25) is 14.5 Å². The van der Waals surface area contributed by atoms with Gasteiger partial charge < -0.3 is 9.64 Å². The summed E-state index contributed by atoms with van der Waals surface area (Å²) in [6.45, 7) is 1.85. The Hall–Kier alpha value is -3.06. The Morgan fingerprint density at radius 2 is 1.79 bits per heavy atom. The maximum atomic E-state index is 13.2. The number of esters is 1. The quantitative estimate of drug-likeness (QED) is 0.438. The number of hydrogen-bond acceptors (Lipinski definition) is 4. The number of hydrogen-bond donors (Lipinski definition) is 0. The van der Waals surface area contributed by atoms with Gasteiger partial charge in [-0.15, -0.1) is 0 Å². The third kappa shape index (κ3) is 3.94. The molecule has 3 rings (SSSR count). The summed E-state index contributed by atoms with van der Waals surface area (Å²) in [6.07, 6.45) is 2.46. The Morgan fingerprint density at radius 1 is 1.14 bits per heavy atom. The van der Waals surface area contributed by atoms with Crippen molar-refractivity contribution >= 4 is 41.0 Å². The van der Waals surface area contributed by atoms with E-state index in [0.29, 0.717) is 11.3 Å². The molecule has 0 aromatic heterocycles. The minimum Gasteiger partial charge on any atom is -0.468 e. The summed E-state index contributed by atoms with van der Waals surface area (Å²) in [7, 11) is 1.27. The number of anilines is 1. The van der Waals surface area contributed by atoms with Crippen molar-refractivity contribution in [3.05, 3.63) is 71.2 Å². The van der Waals surface area contributed by atoms with E-state index in [2.05, 4.69) is 0 Å². The zero-order valence-electron chi connectivity index (χ0n) is 15.5. The molecule has 0 bridgehead atoms. The number of nitrogens with zero attached hydrogens (tertiary/aromatic N) is 2. The van der Waals surface area contributed by atoms with E-state index in [-0.39, 0.29) is 29.1 Å². The van der Waals surface area contributed by atoms with Gasteiger partial charge in [0.2, 0.25) is 0 Å². The van der Waals surface area contributed by atoms with Crippen molar-refractivity contribution in [3.63, 3.8) is 0 Å². The van der Waals surface area contributed by atoms with Crippen molar-refractivity contribution in [1.82, 2.24) is 4.90 Å². The lowest BCUT2D eigenvalue weighted by Gasteiger charge is -2.19. The average Bonchev–Trinajstić information content (AvgIpc) is 2.93.